The van der Waals surface area contributed by atoms with Gasteiger partial charge in [-0.15, -0.1) is 0 Å². The van der Waals surface area contributed by atoms with E-state index in [0.29, 0.717) is 18.8 Å². The second-order valence-electron chi connectivity index (χ2n) is 6.27. The number of nitrogen functional groups attached to an aromatic ring is 1. The molecule has 0 fully saturated rings. The summed E-state index contributed by atoms with van der Waals surface area (Å²) in [6.07, 6.45) is 1.71. The SMILES string of the molecule is Nc1cnc2cc(-c3ccccc3)ccc2c1NCCOc1ccccc1. The molecule has 0 atom stereocenters. The third-order valence-electron chi connectivity index (χ3n) is 4.42. The van der Waals surface area contributed by atoms with E-state index in [1.54, 1.807) is 6.20 Å². The third kappa shape index (κ3) is 3.85. The van der Waals surface area contributed by atoms with E-state index >= 15 is 0 Å². The predicted octanol–water partition coefficient (Wildman–Crippen LogP) is 4.97. The molecule has 0 aliphatic carbocycles. The highest BCUT2D eigenvalue weighted by Crippen LogP contribution is 2.31. The number of hydrogen-bond acceptors (Lipinski definition) is 4. The number of anilines is 2. The van der Waals surface area contributed by atoms with Crippen LogP contribution in [0.15, 0.2) is 85.1 Å². The van der Waals surface area contributed by atoms with Gasteiger partial charge in [-0.1, -0.05) is 60.7 Å². The molecule has 0 aliphatic heterocycles. The molecule has 0 unspecified atom stereocenters. The van der Waals surface area contributed by atoms with Gasteiger partial charge in [0, 0.05) is 11.9 Å². The molecule has 1 aromatic heterocycles. The number of pyridine rings is 1. The van der Waals surface area contributed by atoms with Crippen LogP contribution in [0.1, 0.15) is 0 Å². The lowest BCUT2D eigenvalue weighted by Gasteiger charge is -2.13. The molecular formula is C23H21N3O. The molecular weight excluding hydrogens is 334 g/mol. The van der Waals surface area contributed by atoms with Crippen molar-refractivity contribution in [2.24, 2.45) is 0 Å². The fraction of sp³-hybridized carbons (Fsp3) is 0.0870. The highest BCUT2D eigenvalue weighted by molar-refractivity contribution is 5.98. The Balaban J connectivity index is 1.52. The van der Waals surface area contributed by atoms with Crippen molar-refractivity contribution in [3.05, 3.63) is 85.1 Å². The van der Waals surface area contributed by atoms with Crippen LogP contribution in [0.2, 0.25) is 0 Å². The molecule has 4 nitrogen and oxygen atoms in total. The summed E-state index contributed by atoms with van der Waals surface area (Å²) in [5, 5.41) is 4.40. The van der Waals surface area contributed by atoms with Crippen LogP contribution in [0.3, 0.4) is 0 Å². The molecule has 0 aliphatic rings. The maximum Gasteiger partial charge on any atom is 0.119 e. The second-order valence-corrected chi connectivity index (χ2v) is 6.27. The molecule has 4 heteroatoms. The number of fused-ring (bicyclic) bond motifs is 1. The van der Waals surface area contributed by atoms with Crippen LogP contribution in [-0.4, -0.2) is 18.1 Å². The Labute approximate surface area is 158 Å². The second kappa shape index (κ2) is 7.79. The minimum atomic E-state index is 0.551. The van der Waals surface area contributed by atoms with Crippen molar-refractivity contribution in [1.29, 1.82) is 0 Å². The number of hydrogen-bond donors (Lipinski definition) is 2. The number of ether oxygens (including phenoxy) is 1. The first kappa shape index (κ1) is 16.9. The summed E-state index contributed by atoms with van der Waals surface area (Å²) in [4.78, 5) is 4.51. The van der Waals surface area contributed by atoms with Gasteiger partial charge in [0.05, 0.1) is 23.1 Å². The summed E-state index contributed by atoms with van der Waals surface area (Å²) in [6.45, 7) is 1.20. The largest absolute Gasteiger partial charge is 0.492 e. The molecule has 3 aromatic carbocycles. The molecule has 27 heavy (non-hydrogen) atoms. The molecule has 4 rings (SSSR count). The summed E-state index contributed by atoms with van der Waals surface area (Å²) < 4.78 is 5.74. The highest BCUT2D eigenvalue weighted by Gasteiger charge is 2.08. The van der Waals surface area contributed by atoms with Crippen LogP contribution >= 0.6 is 0 Å². The number of nitrogens with one attached hydrogen (secondary N) is 1. The van der Waals surface area contributed by atoms with Crippen molar-refractivity contribution in [1.82, 2.24) is 4.98 Å². The lowest BCUT2D eigenvalue weighted by molar-refractivity contribution is 0.333. The lowest BCUT2D eigenvalue weighted by Crippen LogP contribution is -2.13. The molecule has 0 bridgehead atoms. The average molecular weight is 355 g/mol. The molecule has 1 heterocycles. The number of nitrogens with two attached hydrogens (primary N) is 1. The van der Waals surface area contributed by atoms with Crippen LogP contribution in [0.4, 0.5) is 11.4 Å². The first-order valence-corrected chi connectivity index (χ1v) is 8.96. The van der Waals surface area contributed by atoms with Gasteiger partial charge in [0.25, 0.3) is 0 Å². The number of aromatic nitrogens is 1. The number of para-hydroxylation sites is 1. The van der Waals surface area contributed by atoms with Crippen molar-refractivity contribution >= 4 is 22.3 Å². The first-order chi connectivity index (χ1) is 13.3. The van der Waals surface area contributed by atoms with Crippen molar-refractivity contribution in [3.63, 3.8) is 0 Å². The quantitative estimate of drug-likeness (QED) is 0.479. The minimum absolute atomic E-state index is 0.551. The van der Waals surface area contributed by atoms with Crippen molar-refractivity contribution in [3.8, 4) is 16.9 Å². The fourth-order valence-corrected chi connectivity index (χ4v) is 3.08. The molecule has 0 saturated heterocycles. The Morgan fingerprint density at radius 3 is 2.37 bits per heavy atom. The van der Waals surface area contributed by atoms with Gasteiger partial charge >= 0.3 is 0 Å². The van der Waals surface area contributed by atoms with Gasteiger partial charge < -0.3 is 15.8 Å². The van der Waals surface area contributed by atoms with E-state index in [4.69, 9.17) is 10.5 Å². The molecule has 0 amide bonds. The van der Waals surface area contributed by atoms with Gasteiger partial charge in [0.15, 0.2) is 0 Å². The van der Waals surface area contributed by atoms with E-state index in [1.807, 2.05) is 48.5 Å². The zero-order valence-electron chi connectivity index (χ0n) is 14.9. The standard InChI is InChI=1S/C23H21N3O/c24-21-16-26-22-15-18(17-7-3-1-4-8-17)11-12-20(22)23(21)25-13-14-27-19-9-5-2-6-10-19/h1-12,15-16H,13-14,24H2,(H,25,26). The zero-order chi connectivity index (χ0) is 18.5. The van der Waals surface area contributed by atoms with Crippen molar-refractivity contribution < 1.29 is 4.74 Å². The smallest absolute Gasteiger partial charge is 0.119 e. The number of benzene rings is 3. The van der Waals surface area contributed by atoms with Gasteiger partial charge in [-0.3, -0.25) is 4.98 Å². The Morgan fingerprint density at radius 1 is 0.852 bits per heavy atom. The number of rotatable bonds is 6. The van der Waals surface area contributed by atoms with Crippen LogP contribution in [-0.2, 0) is 0 Å². The predicted molar refractivity (Wildman–Crippen MR) is 112 cm³/mol. The van der Waals surface area contributed by atoms with Gasteiger partial charge in [-0.05, 0) is 29.3 Å². The van der Waals surface area contributed by atoms with Crippen LogP contribution in [0, 0.1) is 0 Å². The van der Waals surface area contributed by atoms with E-state index in [2.05, 4.69) is 40.6 Å². The third-order valence-corrected chi connectivity index (χ3v) is 4.42. The monoisotopic (exact) mass is 355 g/mol. The first-order valence-electron chi connectivity index (χ1n) is 8.96. The van der Waals surface area contributed by atoms with Crippen LogP contribution in [0.25, 0.3) is 22.0 Å². The minimum Gasteiger partial charge on any atom is -0.492 e. The van der Waals surface area contributed by atoms with E-state index < -0.39 is 0 Å². The number of nitrogens with zero attached hydrogens (tertiary/aromatic N) is 1. The summed E-state index contributed by atoms with van der Waals surface area (Å²) in [7, 11) is 0. The van der Waals surface area contributed by atoms with E-state index in [0.717, 1.165) is 27.9 Å². The molecule has 3 N–H and O–H groups in total. The Morgan fingerprint density at radius 2 is 1.59 bits per heavy atom. The molecule has 0 radical (unpaired) electrons. The Kier molecular flexibility index (Phi) is 4.88. The van der Waals surface area contributed by atoms with Gasteiger partial charge in [0.2, 0.25) is 0 Å². The summed E-state index contributed by atoms with van der Waals surface area (Å²) in [5.41, 5.74) is 10.9. The molecule has 0 saturated carbocycles. The van der Waals surface area contributed by atoms with E-state index in [-0.39, 0.29) is 0 Å². The van der Waals surface area contributed by atoms with Crippen LogP contribution < -0.4 is 15.8 Å². The summed E-state index contributed by atoms with van der Waals surface area (Å²) >= 11 is 0. The van der Waals surface area contributed by atoms with E-state index in [9.17, 15) is 0 Å². The lowest BCUT2D eigenvalue weighted by atomic mass is 10.0. The van der Waals surface area contributed by atoms with Crippen LogP contribution in [0.5, 0.6) is 5.75 Å². The Bertz CT molecular complexity index is 1030. The Hall–Kier alpha value is -3.53. The zero-order valence-corrected chi connectivity index (χ0v) is 14.9. The summed E-state index contributed by atoms with van der Waals surface area (Å²) in [5.74, 6) is 0.861. The average Bonchev–Trinajstić information content (AvgIpc) is 2.73. The van der Waals surface area contributed by atoms with Gasteiger partial charge in [-0.2, -0.15) is 0 Å². The van der Waals surface area contributed by atoms with E-state index in [1.165, 1.54) is 5.56 Å². The molecule has 0 spiro atoms. The summed E-state index contributed by atoms with van der Waals surface area (Å²) in [6, 6.07) is 26.3. The maximum atomic E-state index is 6.16. The van der Waals surface area contributed by atoms with Crippen molar-refractivity contribution in [2.45, 2.75) is 0 Å². The molecule has 4 aromatic rings. The van der Waals surface area contributed by atoms with Crippen molar-refractivity contribution in [2.75, 3.05) is 24.2 Å². The topological polar surface area (TPSA) is 60.2 Å². The van der Waals surface area contributed by atoms with Gasteiger partial charge in [-0.25, -0.2) is 0 Å². The van der Waals surface area contributed by atoms with Gasteiger partial charge in [0.1, 0.15) is 12.4 Å². The maximum absolute atomic E-state index is 6.16. The normalized spacial score (nSPS) is 10.7. The fourth-order valence-electron chi connectivity index (χ4n) is 3.08. The highest BCUT2D eigenvalue weighted by atomic mass is 16.5. The molecule has 134 valence electrons.